The number of thiazole rings is 1. The zero-order valence-electron chi connectivity index (χ0n) is 21.0. The maximum atomic E-state index is 15.0. The van der Waals surface area contributed by atoms with E-state index in [0.29, 0.717) is 5.69 Å². The van der Waals surface area contributed by atoms with Gasteiger partial charge < -0.3 is 10.0 Å². The van der Waals surface area contributed by atoms with Crippen LogP contribution in [0.3, 0.4) is 0 Å². The number of aromatic nitrogens is 1. The van der Waals surface area contributed by atoms with Crippen molar-refractivity contribution in [3.63, 3.8) is 0 Å². The summed E-state index contributed by atoms with van der Waals surface area (Å²) in [6, 6.07) is 12.9. The monoisotopic (exact) mass is 620 g/mol. The lowest BCUT2D eigenvalue weighted by atomic mass is 9.99. The fourth-order valence-corrected chi connectivity index (χ4v) is 6.82. The van der Waals surface area contributed by atoms with Crippen LogP contribution >= 0.6 is 22.9 Å². The number of carboxylic acid groups (broad SMARTS) is 1. The zero-order chi connectivity index (χ0) is 29.3. The van der Waals surface area contributed by atoms with Gasteiger partial charge in [-0.25, -0.2) is 22.6 Å². The molecule has 0 amide bonds. The van der Waals surface area contributed by atoms with Crippen molar-refractivity contribution in [3.8, 4) is 0 Å². The highest BCUT2D eigenvalue weighted by atomic mass is 35.5. The molecule has 40 heavy (non-hydrogen) atoms. The molecule has 216 valence electrons. The number of carbonyl (C=O) groups is 1. The molecule has 3 aromatic rings. The molecule has 1 saturated carbocycles. The lowest BCUT2D eigenvalue weighted by molar-refractivity contribution is -0.192. The van der Waals surface area contributed by atoms with Gasteiger partial charge in [-0.15, -0.1) is 11.3 Å². The molecule has 2 fully saturated rings. The van der Waals surface area contributed by atoms with Gasteiger partial charge in [-0.2, -0.15) is 13.2 Å². The van der Waals surface area contributed by atoms with Gasteiger partial charge in [-0.3, -0.25) is 9.62 Å². The Labute approximate surface area is 237 Å². The number of alkyl halides is 3. The molecule has 1 saturated heterocycles. The van der Waals surface area contributed by atoms with Crippen LogP contribution in [0, 0.1) is 11.2 Å². The van der Waals surface area contributed by atoms with Gasteiger partial charge in [-0.1, -0.05) is 41.9 Å². The first-order valence-corrected chi connectivity index (χ1v) is 14.7. The number of sulfonamides is 1. The smallest absolute Gasteiger partial charge is 0.475 e. The molecule has 8 nitrogen and oxygen atoms in total. The van der Waals surface area contributed by atoms with Crippen LogP contribution in [0.4, 0.5) is 29.1 Å². The van der Waals surface area contributed by atoms with Crippen LogP contribution in [0.2, 0.25) is 5.02 Å². The van der Waals surface area contributed by atoms with Crippen LogP contribution in [0.25, 0.3) is 0 Å². The lowest BCUT2D eigenvalue weighted by Crippen LogP contribution is -2.39. The summed E-state index contributed by atoms with van der Waals surface area (Å²) in [7, 11) is -2.23. The first-order valence-electron chi connectivity index (χ1n) is 11.9. The van der Waals surface area contributed by atoms with E-state index >= 15 is 4.39 Å². The average molecular weight is 621 g/mol. The van der Waals surface area contributed by atoms with Crippen molar-refractivity contribution in [2.45, 2.75) is 36.5 Å². The molecule has 1 aromatic heterocycles. The number of anilines is 2. The SMILES string of the molecule is CN(c1cc(F)c(S(=O)(=O)Nc2cscn2)cc1Cl)[C@@H]1CN(Cc2ccccc2)CC12CC2.O=C(O)C(F)(F)F. The van der Waals surface area contributed by atoms with E-state index in [0.717, 1.165) is 32.5 Å². The third-order valence-corrected chi connectivity index (χ3v) is 9.13. The molecule has 1 atom stereocenters. The standard InChI is InChI=1S/C23H24ClFN4O2S2.C2HF3O2/c1-28(21-12-29(14-23(21)7-8-23)11-16-5-3-2-4-6-16)19-10-18(25)20(9-17(19)24)33(30,31)27-22-13-32-15-26-22;3-2(4,5)1(6)7/h2-6,9-10,13,15,21,27H,7-8,11-12,14H2,1H3;(H,6,7)/t21-;/m1./s1. The van der Waals surface area contributed by atoms with Crippen molar-refractivity contribution >= 4 is 50.4 Å². The fourth-order valence-electron chi connectivity index (χ4n) is 4.82. The zero-order valence-corrected chi connectivity index (χ0v) is 23.4. The number of rotatable bonds is 7. The number of hydrogen-bond acceptors (Lipinski definition) is 7. The van der Waals surface area contributed by atoms with Crippen molar-refractivity contribution in [2.75, 3.05) is 29.8 Å². The Morgan fingerprint density at radius 1 is 1.27 bits per heavy atom. The van der Waals surface area contributed by atoms with E-state index in [-0.39, 0.29) is 22.3 Å². The number of likely N-dealkylation sites (N-methyl/N-ethyl adjacent to an activating group) is 1. The van der Waals surface area contributed by atoms with Gasteiger partial charge in [0, 0.05) is 49.6 Å². The fraction of sp³-hybridized carbons (Fsp3) is 0.360. The van der Waals surface area contributed by atoms with E-state index in [2.05, 4.69) is 26.7 Å². The summed E-state index contributed by atoms with van der Waals surface area (Å²) in [6.07, 6.45) is -2.84. The summed E-state index contributed by atoms with van der Waals surface area (Å²) in [6.45, 7) is 2.70. The summed E-state index contributed by atoms with van der Waals surface area (Å²) in [5, 5.41) is 8.87. The third kappa shape index (κ3) is 6.85. The molecule has 1 spiro atoms. The molecule has 2 aliphatic rings. The average Bonchev–Trinajstić information content (AvgIpc) is 3.29. The van der Waals surface area contributed by atoms with Gasteiger partial charge in [-0.05, 0) is 24.5 Å². The highest BCUT2D eigenvalue weighted by Gasteiger charge is 2.56. The Morgan fingerprint density at radius 3 is 2.48 bits per heavy atom. The lowest BCUT2D eigenvalue weighted by Gasteiger charge is -2.32. The number of aliphatic carboxylic acids is 1. The van der Waals surface area contributed by atoms with Gasteiger partial charge in [0.15, 0.2) is 5.82 Å². The second-order valence-electron chi connectivity index (χ2n) is 9.66. The topological polar surface area (TPSA) is 103 Å². The van der Waals surface area contributed by atoms with E-state index in [1.165, 1.54) is 39.9 Å². The van der Waals surface area contributed by atoms with Gasteiger partial charge >= 0.3 is 12.1 Å². The quantitative estimate of drug-likeness (QED) is 0.338. The van der Waals surface area contributed by atoms with E-state index in [1.54, 1.807) is 0 Å². The Bertz CT molecular complexity index is 1450. The second-order valence-corrected chi connectivity index (χ2v) is 12.4. The molecule has 1 aliphatic heterocycles. The van der Waals surface area contributed by atoms with Crippen molar-refractivity contribution in [2.24, 2.45) is 5.41 Å². The number of nitrogens with zero attached hydrogens (tertiary/aromatic N) is 3. The highest BCUT2D eigenvalue weighted by molar-refractivity contribution is 7.92. The molecule has 1 aliphatic carbocycles. The molecule has 2 aromatic carbocycles. The Morgan fingerprint density at radius 2 is 1.93 bits per heavy atom. The number of halogens is 5. The first-order chi connectivity index (χ1) is 18.7. The largest absolute Gasteiger partial charge is 0.490 e. The van der Waals surface area contributed by atoms with Gasteiger partial charge in [0.2, 0.25) is 0 Å². The normalized spacial score (nSPS) is 18.2. The molecule has 0 radical (unpaired) electrons. The number of nitrogens with one attached hydrogen (secondary N) is 1. The Balaban J connectivity index is 0.000000470. The van der Waals surface area contributed by atoms with E-state index in [4.69, 9.17) is 21.5 Å². The highest BCUT2D eigenvalue weighted by Crippen LogP contribution is 2.55. The van der Waals surface area contributed by atoms with Crippen LogP contribution in [-0.4, -0.2) is 61.7 Å². The molecular weight excluding hydrogens is 596 g/mol. The van der Waals surface area contributed by atoms with Gasteiger partial charge in [0.1, 0.15) is 10.7 Å². The maximum absolute atomic E-state index is 15.0. The molecule has 0 unspecified atom stereocenters. The number of carboxylic acids is 1. The second kappa shape index (κ2) is 11.5. The van der Waals surface area contributed by atoms with Crippen LogP contribution in [0.15, 0.2) is 58.3 Å². The third-order valence-electron chi connectivity index (χ3n) is 6.87. The van der Waals surface area contributed by atoms with Crippen molar-refractivity contribution in [1.29, 1.82) is 0 Å². The maximum Gasteiger partial charge on any atom is 0.490 e. The van der Waals surface area contributed by atoms with E-state index in [9.17, 15) is 21.6 Å². The molecule has 2 N–H and O–H groups in total. The Hall–Kier alpha value is -2.94. The van der Waals surface area contributed by atoms with Gasteiger partial charge in [0.05, 0.1) is 16.2 Å². The number of benzene rings is 2. The minimum Gasteiger partial charge on any atom is -0.475 e. The number of hydrogen-bond donors (Lipinski definition) is 2. The Kier molecular flexibility index (Phi) is 8.64. The summed E-state index contributed by atoms with van der Waals surface area (Å²) >= 11 is 7.76. The summed E-state index contributed by atoms with van der Waals surface area (Å²) in [5.41, 5.74) is 3.43. The van der Waals surface area contributed by atoms with Crippen LogP contribution in [-0.2, 0) is 21.4 Å². The molecule has 0 bridgehead atoms. The molecule has 15 heteroatoms. The molecule has 2 heterocycles. The van der Waals surface area contributed by atoms with Crippen molar-refractivity contribution in [3.05, 3.63) is 69.8 Å². The summed E-state index contributed by atoms with van der Waals surface area (Å²) < 4.78 is 74.4. The van der Waals surface area contributed by atoms with Crippen LogP contribution in [0.5, 0.6) is 0 Å². The number of likely N-dealkylation sites (tertiary alicyclic amines) is 1. The molecular formula is C25H25ClF4N4O4S2. The predicted molar refractivity (Wildman–Crippen MR) is 144 cm³/mol. The summed E-state index contributed by atoms with van der Waals surface area (Å²) in [5.74, 6) is -3.45. The minimum absolute atomic E-state index is 0.150. The van der Waals surface area contributed by atoms with Crippen LogP contribution in [0.1, 0.15) is 18.4 Å². The summed E-state index contributed by atoms with van der Waals surface area (Å²) in [4.78, 5) is 16.8. The molecule has 5 rings (SSSR count). The first kappa shape index (κ1) is 30.0. The van der Waals surface area contributed by atoms with Crippen molar-refractivity contribution < 1.29 is 35.9 Å². The van der Waals surface area contributed by atoms with Gasteiger partial charge in [0.25, 0.3) is 10.0 Å². The minimum atomic E-state index is -5.08. The van der Waals surface area contributed by atoms with Crippen molar-refractivity contribution in [1.82, 2.24) is 9.88 Å². The van der Waals surface area contributed by atoms with E-state index < -0.39 is 32.9 Å². The van der Waals surface area contributed by atoms with E-state index in [1.807, 2.05) is 30.1 Å². The van der Waals surface area contributed by atoms with Crippen LogP contribution < -0.4 is 9.62 Å². The predicted octanol–water partition coefficient (Wildman–Crippen LogP) is 5.47.